The number of methoxy groups -OCH3 is 1. The fourth-order valence-corrected chi connectivity index (χ4v) is 0.714. The van der Waals surface area contributed by atoms with Crippen LogP contribution in [0.3, 0.4) is 0 Å². The van der Waals surface area contributed by atoms with Crippen molar-refractivity contribution in [2.24, 2.45) is 0 Å². The van der Waals surface area contributed by atoms with Crippen LogP contribution in [0.2, 0.25) is 0 Å². The van der Waals surface area contributed by atoms with Crippen LogP contribution < -0.4 is 5.32 Å². The molecule has 0 aliphatic rings. The van der Waals surface area contributed by atoms with Crippen molar-refractivity contribution < 1.29 is 23.1 Å². The fraction of sp³-hybridized carbons (Fsp3) is 0.714. The number of nitrogens with one attached hydrogen (secondary N) is 1. The van der Waals surface area contributed by atoms with Crippen molar-refractivity contribution in [1.82, 2.24) is 5.32 Å². The van der Waals surface area contributed by atoms with Crippen LogP contribution in [-0.2, 0) is 14.3 Å². The number of hydrogen-bond acceptors (Lipinski definition) is 3. The summed E-state index contributed by atoms with van der Waals surface area (Å²) in [5, 5.41) is 1.81. The van der Waals surface area contributed by atoms with Crippen LogP contribution >= 0.6 is 0 Å². The summed E-state index contributed by atoms with van der Waals surface area (Å²) in [6.45, 7) is 1.58. The molecule has 0 aromatic carbocycles. The minimum atomic E-state index is -3.33. The molecule has 0 rings (SSSR count). The first-order valence-corrected chi connectivity index (χ1v) is 3.51. The van der Waals surface area contributed by atoms with E-state index in [1.54, 1.807) is 0 Å². The Morgan fingerprint density at radius 1 is 1.46 bits per heavy atom. The lowest BCUT2D eigenvalue weighted by Crippen LogP contribution is -2.51. The highest BCUT2D eigenvalue weighted by Crippen LogP contribution is 2.18. The normalized spacial score (nSPS) is 13.3. The van der Waals surface area contributed by atoms with Gasteiger partial charge in [0.05, 0.1) is 7.11 Å². The Morgan fingerprint density at radius 3 is 2.15 bits per heavy atom. The van der Waals surface area contributed by atoms with Gasteiger partial charge in [0.1, 0.15) is 0 Å². The number of rotatable bonds is 3. The summed E-state index contributed by atoms with van der Waals surface area (Å²) in [5.74, 6) is -5.21. The van der Waals surface area contributed by atoms with E-state index in [-0.39, 0.29) is 0 Å². The molecule has 13 heavy (non-hydrogen) atoms. The van der Waals surface area contributed by atoms with E-state index in [1.807, 2.05) is 5.32 Å². The number of ether oxygens (including phenoxy) is 1. The SMILES string of the molecule is COC(=O)[C@H](NC(C)=O)C(C)(F)F. The molecule has 1 N–H and O–H groups in total. The van der Waals surface area contributed by atoms with Gasteiger partial charge in [0.25, 0.3) is 5.92 Å². The Kier molecular flexibility index (Phi) is 3.77. The topological polar surface area (TPSA) is 55.4 Å². The van der Waals surface area contributed by atoms with Gasteiger partial charge in [-0.2, -0.15) is 0 Å². The largest absolute Gasteiger partial charge is 0.467 e. The molecule has 6 heteroatoms. The third kappa shape index (κ3) is 3.82. The van der Waals surface area contributed by atoms with E-state index < -0.39 is 23.8 Å². The van der Waals surface area contributed by atoms with E-state index in [0.29, 0.717) is 6.92 Å². The predicted octanol–water partition coefficient (Wildman–Crippen LogP) is 0.319. The summed E-state index contributed by atoms with van der Waals surface area (Å²) in [5.41, 5.74) is 0. The van der Waals surface area contributed by atoms with Crippen LogP contribution in [0.5, 0.6) is 0 Å². The zero-order valence-electron chi connectivity index (χ0n) is 7.56. The number of halogens is 2. The quantitative estimate of drug-likeness (QED) is 0.660. The average Bonchev–Trinajstić information content (AvgIpc) is 1.96. The van der Waals surface area contributed by atoms with E-state index in [4.69, 9.17) is 0 Å². The van der Waals surface area contributed by atoms with Crippen molar-refractivity contribution in [2.75, 3.05) is 7.11 Å². The summed E-state index contributed by atoms with van der Waals surface area (Å²) in [7, 11) is 0.975. The molecule has 1 amide bonds. The summed E-state index contributed by atoms with van der Waals surface area (Å²) < 4.78 is 29.4. The molecule has 0 aromatic rings. The highest BCUT2D eigenvalue weighted by atomic mass is 19.3. The summed E-state index contributed by atoms with van der Waals surface area (Å²) in [6, 6.07) is -1.92. The molecule has 0 saturated heterocycles. The first-order chi connectivity index (χ1) is 5.79. The monoisotopic (exact) mass is 195 g/mol. The summed E-state index contributed by atoms with van der Waals surface area (Å²) in [6.07, 6.45) is 0. The second-order valence-corrected chi connectivity index (χ2v) is 2.61. The molecule has 0 spiro atoms. The maximum Gasteiger partial charge on any atom is 0.334 e. The highest BCUT2D eigenvalue weighted by Gasteiger charge is 2.41. The van der Waals surface area contributed by atoms with Crippen molar-refractivity contribution in [3.8, 4) is 0 Å². The molecule has 0 aliphatic heterocycles. The maximum atomic E-state index is 12.7. The van der Waals surface area contributed by atoms with E-state index in [2.05, 4.69) is 4.74 Å². The van der Waals surface area contributed by atoms with Gasteiger partial charge < -0.3 is 10.1 Å². The van der Waals surface area contributed by atoms with E-state index >= 15 is 0 Å². The van der Waals surface area contributed by atoms with Gasteiger partial charge in [-0.15, -0.1) is 0 Å². The summed E-state index contributed by atoms with van der Waals surface area (Å²) in [4.78, 5) is 21.2. The number of alkyl halides is 2. The maximum absolute atomic E-state index is 12.7. The van der Waals surface area contributed by atoms with Gasteiger partial charge in [-0.1, -0.05) is 0 Å². The molecule has 76 valence electrons. The molecule has 1 atom stereocenters. The van der Waals surface area contributed by atoms with Crippen molar-refractivity contribution in [1.29, 1.82) is 0 Å². The zero-order valence-corrected chi connectivity index (χ0v) is 7.56. The second kappa shape index (κ2) is 4.15. The van der Waals surface area contributed by atoms with E-state index in [9.17, 15) is 18.4 Å². The van der Waals surface area contributed by atoms with E-state index in [1.165, 1.54) is 0 Å². The van der Waals surface area contributed by atoms with Gasteiger partial charge in [-0.3, -0.25) is 4.79 Å². The zero-order chi connectivity index (χ0) is 10.6. The number of amides is 1. The molecule has 0 fully saturated rings. The first-order valence-electron chi connectivity index (χ1n) is 3.51. The Balaban J connectivity index is 4.56. The molecule has 0 bridgehead atoms. The average molecular weight is 195 g/mol. The lowest BCUT2D eigenvalue weighted by atomic mass is 10.1. The Bertz CT molecular complexity index is 212. The van der Waals surface area contributed by atoms with Crippen molar-refractivity contribution in [2.45, 2.75) is 25.8 Å². The lowest BCUT2D eigenvalue weighted by Gasteiger charge is -2.21. The van der Waals surface area contributed by atoms with Crippen LogP contribution in [0, 0.1) is 0 Å². The molecule has 4 nitrogen and oxygen atoms in total. The third-order valence-corrected chi connectivity index (χ3v) is 1.29. The van der Waals surface area contributed by atoms with Gasteiger partial charge in [-0.05, 0) is 0 Å². The summed E-state index contributed by atoms with van der Waals surface area (Å²) >= 11 is 0. The van der Waals surface area contributed by atoms with Gasteiger partial charge in [0.2, 0.25) is 5.91 Å². The van der Waals surface area contributed by atoms with Crippen molar-refractivity contribution in [3.05, 3.63) is 0 Å². The Morgan fingerprint density at radius 2 is 1.92 bits per heavy atom. The molecule has 0 aliphatic carbocycles. The standard InChI is InChI=1S/C7H11F2NO3/c1-4(11)10-5(6(12)13-3)7(2,8)9/h5H,1-3H3,(H,10,11)/t5-/m0/s1. The Hall–Kier alpha value is -1.20. The molecule has 0 heterocycles. The van der Waals surface area contributed by atoms with Gasteiger partial charge >= 0.3 is 5.97 Å². The predicted molar refractivity (Wildman–Crippen MR) is 40.2 cm³/mol. The van der Waals surface area contributed by atoms with Crippen LogP contribution in [0.4, 0.5) is 8.78 Å². The molecular formula is C7H11F2NO3. The van der Waals surface area contributed by atoms with Gasteiger partial charge in [-0.25, -0.2) is 13.6 Å². The van der Waals surface area contributed by atoms with Gasteiger partial charge in [0.15, 0.2) is 6.04 Å². The van der Waals surface area contributed by atoms with Crippen molar-refractivity contribution >= 4 is 11.9 Å². The number of hydrogen-bond donors (Lipinski definition) is 1. The van der Waals surface area contributed by atoms with Crippen LogP contribution in [0.15, 0.2) is 0 Å². The number of carbonyl (C=O) groups excluding carboxylic acids is 2. The molecule has 0 unspecified atom stereocenters. The third-order valence-electron chi connectivity index (χ3n) is 1.29. The fourth-order valence-electron chi connectivity index (χ4n) is 0.714. The minimum Gasteiger partial charge on any atom is -0.467 e. The van der Waals surface area contributed by atoms with Crippen LogP contribution in [0.1, 0.15) is 13.8 Å². The molecule has 0 radical (unpaired) electrons. The minimum absolute atomic E-state index is 0.532. The molecular weight excluding hydrogens is 184 g/mol. The van der Waals surface area contributed by atoms with Crippen molar-refractivity contribution in [3.63, 3.8) is 0 Å². The van der Waals surface area contributed by atoms with E-state index in [0.717, 1.165) is 14.0 Å². The number of esters is 1. The van der Waals surface area contributed by atoms with Crippen LogP contribution in [-0.4, -0.2) is 31.0 Å². The molecule has 0 aromatic heterocycles. The van der Waals surface area contributed by atoms with Gasteiger partial charge in [0, 0.05) is 13.8 Å². The molecule has 0 saturated carbocycles. The van der Waals surface area contributed by atoms with Crippen LogP contribution in [0.25, 0.3) is 0 Å². The lowest BCUT2D eigenvalue weighted by molar-refractivity contribution is -0.155. The Labute approximate surface area is 74.2 Å². The highest BCUT2D eigenvalue weighted by molar-refractivity contribution is 5.84. The number of carbonyl (C=O) groups is 2. The first kappa shape index (κ1) is 11.8. The smallest absolute Gasteiger partial charge is 0.334 e. The second-order valence-electron chi connectivity index (χ2n) is 2.61.